The number of halogens is 3. The van der Waals surface area contributed by atoms with Gasteiger partial charge in [0.1, 0.15) is 6.61 Å². The molecule has 0 saturated carbocycles. The third-order valence-corrected chi connectivity index (χ3v) is 8.15. The number of thioether (sulfide) groups is 1. The molecule has 192 valence electrons. The summed E-state index contributed by atoms with van der Waals surface area (Å²) in [5, 5.41) is 6.31. The van der Waals surface area contributed by atoms with E-state index in [1.54, 1.807) is 24.3 Å². The molecule has 0 unspecified atom stereocenters. The molecule has 1 aliphatic heterocycles. The van der Waals surface area contributed by atoms with Crippen LogP contribution in [0.1, 0.15) is 18.1 Å². The number of fused-ring (bicyclic) bond motifs is 1. The van der Waals surface area contributed by atoms with Crippen molar-refractivity contribution in [3.8, 4) is 11.5 Å². The minimum absolute atomic E-state index is 0.239. The highest BCUT2D eigenvalue weighted by molar-refractivity contribution is 14.1. The lowest BCUT2D eigenvalue weighted by molar-refractivity contribution is -0.115. The average molecular weight is 675 g/mol. The number of hydrogen-bond donors (Lipinski definition) is 1. The fourth-order valence-corrected chi connectivity index (χ4v) is 5.83. The number of nitrogens with one attached hydrogen (secondary N) is 1. The summed E-state index contributed by atoms with van der Waals surface area (Å²) in [7, 11) is 0. The number of amidine groups is 1. The van der Waals surface area contributed by atoms with Crippen molar-refractivity contribution >= 4 is 91.2 Å². The smallest absolute Gasteiger partial charge is 0.264 e. The number of rotatable bonds is 7. The van der Waals surface area contributed by atoms with Crippen LogP contribution in [0.2, 0.25) is 10.0 Å². The summed E-state index contributed by atoms with van der Waals surface area (Å²) in [5.74, 6) is 1.05. The molecule has 0 aromatic heterocycles. The van der Waals surface area contributed by atoms with E-state index < -0.39 is 0 Å². The third kappa shape index (κ3) is 6.12. The number of amides is 1. The van der Waals surface area contributed by atoms with Gasteiger partial charge < -0.3 is 14.8 Å². The zero-order valence-electron chi connectivity index (χ0n) is 20.1. The Morgan fingerprint density at radius 2 is 1.82 bits per heavy atom. The van der Waals surface area contributed by atoms with Crippen molar-refractivity contribution in [3.05, 3.63) is 102 Å². The second kappa shape index (κ2) is 12.0. The monoisotopic (exact) mass is 674 g/mol. The fourth-order valence-electron chi connectivity index (χ4n) is 3.88. The van der Waals surface area contributed by atoms with Crippen LogP contribution in [0.3, 0.4) is 0 Å². The van der Waals surface area contributed by atoms with E-state index in [0.29, 0.717) is 50.5 Å². The Balaban J connectivity index is 1.37. The molecule has 1 amide bonds. The first-order valence-electron chi connectivity index (χ1n) is 11.7. The third-order valence-electron chi connectivity index (χ3n) is 5.63. The number of carbonyl (C=O) groups excluding carboxylic acids is 1. The van der Waals surface area contributed by atoms with Gasteiger partial charge in [0.25, 0.3) is 5.91 Å². The average Bonchev–Trinajstić information content (AvgIpc) is 3.24. The number of benzene rings is 4. The van der Waals surface area contributed by atoms with E-state index in [2.05, 4.69) is 63.2 Å². The molecule has 38 heavy (non-hydrogen) atoms. The molecule has 0 spiro atoms. The normalized spacial score (nSPS) is 15.3. The molecule has 0 bridgehead atoms. The van der Waals surface area contributed by atoms with Crippen LogP contribution < -0.4 is 14.8 Å². The van der Waals surface area contributed by atoms with Crippen LogP contribution in [0.4, 0.5) is 5.69 Å². The molecule has 5 nitrogen and oxygen atoms in total. The summed E-state index contributed by atoms with van der Waals surface area (Å²) in [4.78, 5) is 17.6. The van der Waals surface area contributed by atoms with Crippen molar-refractivity contribution in [2.24, 2.45) is 4.99 Å². The SMILES string of the molecule is CCOc1cc(/C=C2/SC(=Nc3cccc(Cl)c3Cl)NC2=O)cc(I)c1OCc1ccc2ccccc2c1. The fraction of sp³-hybridized carbons (Fsp3) is 0.103. The zero-order valence-corrected chi connectivity index (χ0v) is 24.6. The number of carbonyl (C=O) groups is 1. The van der Waals surface area contributed by atoms with Gasteiger partial charge in [0, 0.05) is 0 Å². The Morgan fingerprint density at radius 1 is 1.00 bits per heavy atom. The summed E-state index contributed by atoms with van der Waals surface area (Å²) < 4.78 is 13.0. The van der Waals surface area contributed by atoms with E-state index in [0.717, 1.165) is 14.7 Å². The van der Waals surface area contributed by atoms with E-state index in [1.165, 1.54) is 22.5 Å². The highest BCUT2D eigenvalue weighted by Crippen LogP contribution is 2.38. The van der Waals surface area contributed by atoms with E-state index >= 15 is 0 Å². The largest absolute Gasteiger partial charge is 0.490 e. The van der Waals surface area contributed by atoms with Crippen LogP contribution >= 0.6 is 57.6 Å². The molecule has 1 aliphatic rings. The van der Waals surface area contributed by atoms with Gasteiger partial charge in [-0.05, 0) is 99.6 Å². The van der Waals surface area contributed by atoms with Crippen LogP contribution in [0.15, 0.2) is 82.7 Å². The van der Waals surface area contributed by atoms with Crippen molar-refractivity contribution in [2.75, 3.05) is 6.61 Å². The van der Waals surface area contributed by atoms with Gasteiger partial charge in [-0.3, -0.25) is 4.79 Å². The molecule has 1 heterocycles. The molecule has 0 atom stereocenters. The lowest BCUT2D eigenvalue weighted by Gasteiger charge is -2.15. The molecule has 0 aliphatic carbocycles. The number of aliphatic imine (C=N–C) groups is 1. The Labute approximate surface area is 248 Å². The Morgan fingerprint density at radius 3 is 2.63 bits per heavy atom. The van der Waals surface area contributed by atoms with Gasteiger partial charge in [-0.2, -0.15) is 0 Å². The quantitative estimate of drug-likeness (QED) is 0.158. The van der Waals surface area contributed by atoms with Crippen molar-refractivity contribution in [2.45, 2.75) is 13.5 Å². The molecule has 4 aromatic carbocycles. The van der Waals surface area contributed by atoms with E-state index in [4.69, 9.17) is 32.7 Å². The van der Waals surface area contributed by atoms with E-state index in [1.807, 2.05) is 31.2 Å². The number of hydrogen-bond acceptors (Lipinski definition) is 5. The van der Waals surface area contributed by atoms with Crippen LogP contribution in [-0.2, 0) is 11.4 Å². The minimum atomic E-state index is -0.239. The number of nitrogens with zero attached hydrogens (tertiary/aromatic N) is 1. The summed E-state index contributed by atoms with van der Waals surface area (Å²) in [6, 6.07) is 23.6. The van der Waals surface area contributed by atoms with Crippen molar-refractivity contribution < 1.29 is 14.3 Å². The maximum Gasteiger partial charge on any atom is 0.264 e. The standard InChI is InChI=1S/C29H21Cl2IN2O3S/c1-2-36-24-14-18(15-25-28(35)34-29(38-25)33-23-9-5-8-21(30)26(23)31)13-22(32)27(24)37-16-17-10-11-19-6-3-4-7-20(19)12-17/h3-15H,2,16H2,1H3,(H,33,34,35)/b25-15+. The van der Waals surface area contributed by atoms with Crippen LogP contribution in [0, 0.1) is 3.57 Å². The maximum absolute atomic E-state index is 12.6. The van der Waals surface area contributed by atoms with Gasteiger partial charge in [0.2, 0.25) is 0 Å². The highest BCUT2D eigenvalue weighted by Gasteiger charge is 2.25. The summed E-state index contributed by atoms with van der Waals surface area (Å²) in [5.41, 5.74) is 2.37. The summed E-state index contributed by atoms with van der Waals surface area (Å²) in [6.45, 7) is 2.81. The molecule has 9 heteroatoms. The summed E-state index contributed by atoms with van der Waals surface area (Å²) in [6.07, 6.45) is 1.81. The molecular formula is C29H21Cl2IN2O3S. The molecule has 4 aromatic rings. The Hall–Kier alpha value is -2.72. The van der Waals surface area contributed by atoms with Gasteiger partial charge in [-0.15, -0.1) is 0 Å². The van der Waals surface area contributed by atoms with Crippen molar-refractivity contribution in [1.29, 1.82) is 0 Å². The van der Waals surface area contributed by atoms with Gasteiger partial charge in [0.15, 0.2) is 16.7 Å². The van der Waals surface area contributed by atoms with Gasteiger partial charge >= 0.3 is 0 Å². The predicted octanol–water partition coefficient (Wildman–Crippen LogP) is 8.62. The van der Waals surface area contributed by atoms with Gasteiger partial charge in [-0.25, -0.2) is 4.99 Å². The Kier molecular flexibility index (Phi) is 8.48. The summed E-state index contributed by atoms with van der Waals surface area (Å²) >= 11 is 15.8. The van der Waals surface area contributed by atoms with Crippen LogP contribution in [0.25, 0.3) is 16.8 Å². The maximum atomic E-state index is 12.6. The predicted molar refractivity (Wildman–Crippen MR) is 166 cm³/mol. The van der Waals surface area contributed by atoms with Crippen LogP contribution in [-0.4, -0.2) is 17.7 Å². The molecule has 1 saturated heterocycles. The molecular weight excluding hydrogens is 654 g/mol. The topological polar surface area (TPSA) is 59.9 Å². The lowest BCUT2D eigenvalue weighted by Crippen LogP contribution is -2.19. The van der Waals surface area contributed by atoms with Gasteiger partial charge in [-0.1, -0.05) is 65.7 Å². The molecule has 1 fully saturated rings. The van der Waals surface area contributed by atoms with Gasteiger partial charge in [0.05, 0.1) is 30.8 Å². The van der Waals surface area contributed by atoms with Crippen molar-refractivity contribution in [1.82, 2.24) is 5.32 Å². The first kappa shape index (κ1) is 26.9. The first-order valence-corrected chi connectivity index (χ1v) is 14.4. The highest BCUT2D eigenvalue weighted by atomic mass is 127. The second-order valence-electron chi connectivity index (χ2n) is 8.29. The lowest BCUT2D eigenvalue weighted by atomic mass is 10.1. The molecule has 1 N–H and O–H groups in total. The molecule has 0 radical (unpaired) electrons. The minimum Gasteiger partial charge on any atom is -0.490 e. The van der Waals surface area contributed by atoms with Crippen molar-refractivity contribution in [3.63, 3.8) is 0 Å². The van der Waals surface area contributed by atoms with E-state index in [-0.39, 0.29) is 5.91 Å². The second-order valence-corrected chi connectivity index (χ2v) is 11.3. The Bertz CT molecular complexity index is 1610. The van der Waals surface area contributed by atoms with E-state index in [9.17, 15) is 4.79 Å². The first-order chi connectivity index (χ1) is 18.4. The van der Waals surface area contributed by atoms with Crippen LogP contribution in [0.5, 0.6) is 11.5 Å². The zero-order chi connectivity index (χ0) is 26.6. The molecule has 5 rings (SSSR count). The number of ether oxygens (including phenoxy) is 2.